The third-order valence-electron chi connectivity index (χ3n) is 5.86. The second-order valence-corrected chi connectivity index (χ2v) is 7.39. The fraction of sp³-hybridized carbons (Fsp3) is 0.429. The number of hydrogen-bond acceptors (Lipinski definition) is 2. The number of aromatic amines is 1. The Bertz CT molecular complexity index is 756. The van der Waals surface area contributed by atoms with Gasteiger partial charge in [0.15, 0.2) is 6.04 Å². The molecule has 1 amide bonds. The zero-order chi connectivity index (χ0) is 17.9. The first-order chi connectivity index (χ1) is 12.7. The van der Waals surface area contributed by atoms with Gasteiger partial charge in [-0.05, 0) is 30.5 Å². The molecule has 0 aliphatic carbocycles. The molecule has 0 unspecified atom stereocenters. The Labute approximate surface area is 155 Å². The van der Waals surface area contributed by atoms with Crippen molar-refractivity contribution in [2.24, 2.45) is 0 Å². The molecule has 1 fully saturated rings. The SMILES string of the molecule is C[C@H](C(=O)N1CCc2ccccc2C1)[NH+]1CCN(c2cccc[nH+]2)CC1. The van der Waals surface area contributed by atoms with Gasteiger partial charge in [0.05, 0.1) is 6.20 Å². The number of aromatic nitrogens is 1. The summed E-state index contributed by atoms with van der Waals surface area (Å²) >= 11 is 0. The number of nitrogens with zero attached hydrogens (tertiary/aromatic N) is 2. The molecule has 1 atom stereocenters. The molecule has 1 saturated heterocycles. The van der Waals surface area contributed by atoms with Crippen LogP contribution in [0.5, 0.6) is 0 Å². The van der Waals surface area contributed by atoms with Crippen LogP contribution in [0.15, 0.2) is 48.7 Å². The van der Waals surface area contributed by atoms with Crippen LogP contribution in [0, 0.1) is 0 Å². The van der Waals surface area contributed by atoms with Gasteiger partial charge >= 0.3 is 0 Å². The van der Waals surface area contributed by atoms with Crippen LogP contribution in [0.3, 0.4) is 0 Å². The van der Waals surface area contributed by atoms with Gasteiger partial charge in [0.2, 0.25) is 0 Å². The van der Waals surface area contributed by atoms with Gasteiger partial charge in [-0.15, -0.1) is 0 Å². The third kappa shape index (κ3) is 3.44. The molecule has 3 heterocycles. The molecule has 5 nitrogen and oxygen atoms in total. The van der Waals surface area contributed by atoms with Crippen molar-refractivity contribution in [2.75, 3.05) is 37.6 Å². The number of quaternary nitrogens is 1. The average Bonchev–Trinajstić information content (AvgIpc) is 2.73. The highest BCUT2D eigenvalue weighted by Crippen LogP contribution is 2.18. The molecule has 0 spiro atoms. The highest BCUT2D eigenvalue weighted by molar-refractivity contribution is 5.80. The zero-order valence-corrected chi connectivity index (χ0v) is 15.4. The normalized spacial score (nSPS) is 19.1. The predicted molar refractivity (Wildman–Crippen MR) is 101 cm³/mol. The number of H-pyrrole nitrogens is 1. The Kier molecular flexibility index (Phi) is 4.89. The number of carbonyl (C=O) groups excluding carboxylic acids is 1. The van der Waals surface area contributed by atoms with Crippen molar-refractivity contribution >= 4 is 11.7 Å². The monoisotopic (exact) mass is 352 g/mol. The van der Waals surface area contributed by atoms with Gasteiger partial charge < -0.3 is 9.80 Å². The van der Waals surface area contributed by atoms with Crippen LogP contribution >= 0.6 is 0 Å². The van der Waals surface area contributed by atoms with Gasteiger partial charge in [0.25, 0.3) is 11.7 Å². The molecular formula is C21H28N4O+2. The van der Waals surface area contributed by atoms with Crippen LogP contribution in [-0.4, -0.2) is 49.6 Å². The van der Waals surface area contributed by atoms with E-state index in [9.17, 15) is 4.79 Å². The first-order valence-corrected chi connectivity index (χ1v) is 9.64. The van der Waals surface area contributed by atoms with Crippen molar-refractivity contribution < 1.29 is 14.7 Å². The summed E-state index contributed by atoms with van der Waals surface area (Å²) in [5, 5.41) is 0. The molecule has 2 aliphatic heterocycles. The van der Waals surface area contributed by atoms with Gasteiger partial charge in [-0.2, -0.15) is 0 Å². The van der Waals surface area contributed by atoms with Crippen molar-refractivity contribution in [1.29, 1.82) is 0 Å². The maximum atomic E-state index is 13.0. The molecule has 136 valence electrons. The molecule has 2 aliphatic rings. The molecule has 0 bridgehead atoms. The third-order valence-corrected chi connectivity index (χ3v) is 5.86. The maximum absolute atomic E-state index is 13.0. The number of carbonyl (C=O) groups is 1. The van der Waals surface area contributed by atoms with E-state index < -0.39 is 0 Å². The van der Waals surface area contributed by atoms with Crippen LogP contribution in [0.4, 0.5) is 5.82 Å². The molecular weight excluding hydrogens is 324 g/mol. The Morgan fingerprint density at radius 2 is 1.77 bits per heavy atom. The van der Waals surface area contributed by atoms with Crippen molar-refractivity contribution in [3.8, 4) is 0 Å². The number of amides is 1. The fourth-order valence-corrected chi connectivity index (χ4v) is 4.18. The molecule has 1 aromatic heterocycles. The van der Waals surface area contributed by atoms with Crippen molar-refractivity contribution in [1.82, 2.24) is 4.90 Å². The second kappa shape index (κ2) is 7.46. The Hall–Kier alpha value is -2.40. The minimum atomic E-state index is 0.0298. The van der Waals surface area contributed by atoms with Crippen LogP contribution in [0.1, 0.15) is 18.1 Å². The van der Waals surface area contributed by atoms with E-state index in [0.717, 1.165) is 51.5 Å². The van der Waals surface area contributed by atoms with Gasteiger partial charge in [0, 0.05) is 19.2 Å². The first kappa shape index (κ1) is 17.0. The zero-order valence-electron chi connectivity index (χ0n) is 15.4. The summed E-state index contributed by atoms with van der Waals surface area (Å²) in [4.78, 5) is 22.2. The predicted octanol–water partition coefficient (Wildman–Crippen LogP) is 0.179. The lowest BCUT2D eigenvalue weighted by atomic mass is 9.99. The molecule has 0 radical (unpaired) electrons. The number of nitrogens with one attached hydrogen (secondary N) is 2. The Balaban J connectivity index is 1.35. The number of benzene rings is 1. The largest absolute Gasteiger partial charge is 0.333 e. The highest BCUT2D eigenvalue weighted by Gasteiger charge is 2.35. The average molecular weight is 352 g/mol. The van der Waals surface area contributed by atoms with E-state index in [4.69, 9.17) is 0 Å². The van der Waals surface area contributed by atoms with Gasteiger partial charge in [-0.3, -0.25) is 9.69 Å². The minimum absolute atomic E-state index is 0.0298. The van der Waals surface area contributed by atoms with Crippen LogP contribution < -0.4 is 14.8 Å². The van der Waals surface area contributed by atoms with E-state index in [0.29, 0.717) is 5.91 Å². The van der Waals surface area contributed by atoms with Gasteiger partial charge in [-0.25, -0.2) is 4.98 Å². The molecule has 2 N–H and O–H groups in total. The molecule has 2 aromatic rings. The summed E-state index contributed by atoms with van der Waals surface area (Å²) in [6.45, 7) is 7.67. The standard InChI is InChI=1S/C21H26N4O/c1-17(21(26)25-11-9-18-6-2-3-7-19(18)16-25)23-12-14-24(15-13-23)20-8-4-5-10-22-20/h2-8,10,17H,9,11-16H2,1H3/p+2/t17-/m1/s1. The summed E-state index contributed by atoms with van der Waals surface area (Å²) < 4.78 is 0. The van der Waals surface area contributed by atoms with E-state index in [1.807, 2.05) is 12.3 Å². The molecule has 26 heavy (non-hydrogen) atoms. The maximum Gasteiger partial charge on any atom is 0.280 e. The summed E-state index contributed by atoms with van der Waals surface area (Å²) in [6, 6.07) is 14.7. The van der Waals surface area contributed by atoms with E-state index in [-0.39, 0.29) is 6.04 Å². The number of piperazine rings is 1. The lowest BCUT2D eigenvalue weighted by Crippen LogP contribution is -3.19. The number of fused-ring (bicyclic) bond motifs is 1. The number of anilines is 1. The van der Waals surface area contributed by atoms with E-state index in [1.54, 1.807) is 0 Å². The Morgan fingerprint density at radius 1 is 1.04 bits per heavy atom. The number of hydrogen-bond donors (Lipinski definition) is 1. The quantitative estimate of drug-likeness (QED) is 0.856. The molecule has 4 rings (SSSR count). The molecule has 5 heteroatoms. The highest BCUT2D eigenvalue weighted by atomic mass is 16.2. The number of rotatable bonds is 3. The van der Waals surface area contributed by atoms with Gasteiger partial charge in [0.1, 0.15) is 26.2 Å². The summed E-state index contributed by atoms with van der Waals surface area (Å²) in [6.07, 6.45) is 2.94. The lowest BCUT2D eigenvalue weighted by Gasteiger charge is -2.35. The lowest BCUT2D eigenvalue weighted by molar-refractivity contribution is -0.915. The summed E-state index contributed by atoms with van der Waals surface area (Å²) in [5.41, 5.74) is 2.70. The van der Waals surface area contributed by atoms with E-state index >= 15 is 0 Å². The molecule has 0 saturated carbocycles. The second-order valence-electron chi connectivity index (χ2n) is 7.39. The van der Waals surface area contributed by atoms with Crippen molar-refractivity contribution in [2.45, 2.75) is 25.9 Å². The Morgan fingerprint density at radius 3 is 2.50 bits per heavy atom. The summed E-state index contributed by atoms with van der Waals surface area (Å²) in [5.74, 6) is 1.47. The summed E-state index contributed by atoms with van der Waals surface area (Å²) in [7, 11) is 0. The van der Waals surface area contributed by atoms with Crippen LogP contribution in [0.25, 0.3) is 0 Å². The van der Waals surface area contributed by atoms with Crippen molar-refractivity contribution in [3.05, 3.63) is 59.8 Å². The minimum Gasteiger partial charge on any atom is -0.333 e. The van der Waals surface area contributed by atoms with E-state index in [1.165, 1.54) is 16.0 Å². The first-order valence-electron chi connectivity index (χ1n) is 9.64. The molecule has 1 aromatic carbocycles. The van der Waals surface area contributed by atoms with Crippen LogP contribution in [0.2, 0.25) is 0 Å². The topological polar surface area (TPSA) is 42.1 Å². The smallest absolute Gasteiger partial charge is 0.280 e. The van der Waals surface area contributed by atoms with Gasteiger partial charge in [-0.1, -0.05) is 30.3 Å². The number of pyridine rings is 1. The van der Waals surface area contributed by atoms with Crippen LogP contribution in [-0.2, 0) is 17.8 Å². The van der Waals surface area contributed by atoms with Crippen molar-refractivity contribution in [3.63, 3.8) is 0 Å². The van der Waals surface area contributed by atoms with E-state index in [2.05, 4.69) is 58.1 Å². The fourth-order valence-electron chi connectivity index (χ4n) is 4.18.